The second kappa shape index (κ2) is 8.82. The first kappa shape index (κ1) is 19.2. The van der Waals surface area contributed by atoms with Gasteiger partial charge in [-0.15, -0.1) is 0 Å². The van der Waals surface area contributed by atoms with Crippen molar-refractivity contribution in [3.63, 3.8) is 0 Å². The molecule has 8 heteroatoms. The van der Waals surface area contributed by atoms with Crippen LogP contribution in [0.1, 0.15) is 6.92 Å². The molecule has 0 unspecified atom stereocenters. The fourth-order valence-electron chi connectivity index (χ4n) is 2.55. The molecule has 0 bridgehead atoms. The molecule has 26 heavy (non-hydrogen) atoms. The average molecular weight is 362 g/mol. The van der Waals surface area contributed by atoms with Crippen LogP contribution >= 0.6 is 0 Å². The van der Waals surface area contributed by atoms with Crippen LogP contribution in [-0.4, -0.2) is 41.8 Å². The number of carboxylic acids is 2. The quantitative estimate of drug-likeness (QED) is 0.721. The lowest BCUT2D eigenvalue weighted by atomic mass is 10.1. The van der Waals surface area contributed by atoms with Gasteiger partial charge in [-0.05, 0) is 19.1 Å². The van der Waals surface area contributed by atoms with Crippen LogP contribution in [0.2, 0.25) is 0 Å². The Morgan fingerprint density at radius 2 is 1.96 bits per heavy atom. The van der Waals surface area contributed by atoms with Crippen LogP contribution in [0.5, 0.6) is 0 Å². The Morgan fingerprint density at radius 3 is 2.58 bits per heavy atom. The number of carbonyl (C=O) groups is 2. The summed E-state index contributed by atoms with van der Waals surface area (Å²) in [5, 5.41) is 19.7. The Bertz CT molecular complexity index is 840. The zero-order chi connectivity index (χ0) is 19.1. The summed E-state index contributed by atoms with van der Waals surface area (Å²) in [5.74, 6) is -2.74. The third kappa shape index (κ3) is 4.93. The van der Waals surface area contributed by atoms with Crippen LogP contribution in [0.4, 0.5) is 10.1 Å². The Kier molecular flexibility index (Phi) is 6.51. The van der Waals surface area contributed by atoms with E-state index in [9.17, 15) is 14.0 Å². The molecule has 0 amide bonds. The number of aliphatic carboxylic acids is 2. The number of benzene rings is 1. The molecule has 0 atom stereocenters. The van der Waals surface area contributed by atoms with Gasteiger partial charge in [0.05, 0.1) is 12.0 Å². The molecule has 0 aliphatic carbocycles. The number of hydrogen-bond acceptors (Lipinski definition) is 5. The number of nitrogens with zero attached hydrogens (tertiary/aromatic N) is 1. The van der Waals surface area contributed by atoms with Crippen molar-refractivity contribution in [3.8, 4) is 0 Å². The van der Waals surface area contributed by atoms with Crippen molar-refractivity contribution in [2.24, 2.45) is 0 Å². The minimum absolute atomic E-state index is 0.229. The summed E-state index contributed by atoms with van der Waals surface area (Å²) >= 11 is 0. The highest BCUT2D eigenvalue weighted by Crippen LogP contribution is 2.31. The van der Waals surface area contributed by atoms with E-state index in [0.29, 0.717) is 12.2 Å². The first-order valence-electron chi connectivity index (χ1n) is 7.86. The van der Waals surface area contributed by atoms with Gasteiger partial charge in [-0.3, -0.25) is 0 Å². The average Bonchev–Trinajstić information content (AvgIpc) is 3.08. The molecule has 3 N–H and O–H groups in total. The number of rotatable bonds is 3. The summed E-state index contributed by atoms with van der Waals surface area (Å²) < 4.78 is 19.2. The number of hydrogen-bond donors (Lipinski definition) is 3. The normalized spacial score (nSPS) is 15.9. The molecule has 1 aliphatic rings. The predicted octanol–water partition coefficient (Wildman–Crippen LogP) is 2.60. The first-order chi connectivity index (χ1) is 12.4. The molecule has 0 spiro atoms. The highest BCUT2D eigenvalue weighted by Gasteiger charge is 2.20. The second-order valence-electron chi connectivity index (χ2n) is 5.38. The number of allylic oxidation sites excluding steroid dienone is 1. The molecule has 1 aromatic heterocycles. The zero-order valence-corrected chi connectivity index (χ0v) is 14.1. The van der Waals surface area contributed by atoms with Crippen molar-refractivity contribution in [1.82, 2.24) is 5.32 Å². The van der Waals surface area contributed by atoms with Crippen LogP contribution in [0.3, 0.4) is 0 Å². The Labute approximate surface area is 149 Å². The number of piperazine rings is 1. The molecule has 7 nitrogen and oxygen atoms in total. The summed E-state index contributed by atoms with van der Waals surface area (Å²) in [6.45, 7) is 4.50. The van der Waals surface area contributed by atoms with E-state index in [0.717, 1.165) is 42.0 Å². The summed E-state index contributed by atoms with van der Waals surface area (Å²) in [4.78, 5) is 21.2. The fourth-order valence-corrected chi connectivity index (χ4v) is 2.55. The Balaban J connectivity index is 0.000000260. The monoisotopic (exact) mass is 362 g/mol. The lowest BCUT2D eigenvalue weighted by Crippen LogP contribution is -2.41. The third-order valence-electron chi connectivity index (χ3n) is 3.65. The van der Waals surface area contributed by atoms with Crippen molar-refractivity contribution in [1.29, 1.82) is 0 Å². The van der Waals surface area contributed by atoms with Gasteiger partial charge in [0.1, 0.15) is 5.82 Å². The van der Waals surface area contributed by atoms with Crippen molar-refractivity contribution >= 4 is 28.6 Å². The van der Waals surface area contributed by atoms with Gasteiger partial charge in [-0.1, -0.05) is 6.08 Å². The lowest BCUT2D eigenvalue weighted by molar-refractivity contribution is -0.134. The van der Waals surface area contributed by atoms with E-state index >= 15 is 0 Å². The largest absolute Gasteiger partial charge is 0.478 e. The van der Waals surface area contributed by atoms with E-state index in [1.807, 2.05) is 13.0 Å². The van der Waals surface area contributed by atoms with Crippen molar-refractivity contribution in [2.45, 2.75) is 6.92 Å². The van der Waals surface area contributed by atoms with E-state index < -0.39 is 11.9 Å². The molecular weight excluding hydrogens is 343 g/mol. The highest BCUT2D eigenvalue weighted by molar-refractivity contribution is 5.90. The van der Waals surface area contributed by atoms with E-state index in [4.69, 9.17) is 14.6 Å². The van der Waals surface area contributed by atoms with Gasteiger partial charge in [-0.2, -0.15) is 0 Å². The van der Waals surface area contributed by atoms with E-state index in [-0.39, 0.29) is 5.82 Å². The Hall–Kier alpha value is -3.13. The summed E-state index contributed by atoms with van der Waals surface area (Å²) in [6, 6.07) is 4.83. The maximum Gasteiger partial charge on any atom is 0.328 e. The number of halogens is 1. The summed E-state index contributed by atoms with van der Waals surface area (Å²) in [7, 11) is 0. The molecule has 0 radical (unpaired) electrons. The number of carboxylic acid groups (broad SMARTS) is 2. The molecule has 0 saturated carbocycles. The highest BCUT2D eigenvalue weighted by atomic mass is 19.1. The first-order valence-corrected chi connectivity index (χ1v) is 7.86. The molecule has 2 aromatic rings. The molecule has 3 rings (SSSR count). The van der Waals surface area contributed by atoms with Crippen molar-refractivity contribution in [3.05, 3.63) is 54.2 Å². The molecule has 1 aromatic carbocycles. The van der Waals surface area contributed by atoms with Crippen molar-refractivity contribution in [2.75, 3.05) is 24.5 Å². The second-order valence-corrected chi connectivity index (χ2v) is 5.38. The van der Waals surface area contributed by atoms with Gasteiger partial charge in [0.25, 0.3) is 0 Å². The van der Waals surface area contributed by atoms with E-state index in [2.05, 4.69) is 10.2 Å². The summed E-state index contributed by atoms with van der Waals surface area (Å²) in [5.41, 5.74) is 2.70. The molecule has 1 aliphatic heterocycles. The maximum atomic E-state index is 13.7. The smallest absolute Gasteiger partial charge is 0.328 e. The van der Waals surface area contributed by atoms with Crippen LogP contribution in [0.25, 0.3) is 11.0 Å². The van der Waals surface area contributed by atoms with Gasteiger partial charge in [0.2, 0.25) is 0 Å². The minimum Gasteiger partial charge on any atom is -0.478 e. The third-order valence-corrected chi connectivity index (χ3v) is 3.65. The molecule has 2 heterocycles. The van der Waals surface area contributed by atoms with Crippen LogP contribution in [0, 0.1) is 5.82 Å². The van der Waals surface area contributed by atoms with E-state index in [1.165, 1.54) is 6.07 Å². The number of anilines is 1. The Morgan fingerprint density at radius 1 is 1.27 bits per heavy atom. The molecular formula is C18H19FN2O5. The van der Waals surface area contributed by atoms with Gasteiger partial charge >= 0.3 is 11.9 Å². The van der Waals surface area contributed by atoms with Gasteiger partial charge in [0, 0.05) is 48.9 Å². The molecule has 138 valence electrons. The standard InChI is InChI=1S/C14H15FN2O.C4H4O4/c1-2-12-9-16-4-5-17(12)13-8-11(15)7-10-3-6-18-14(10)13;5-3(6)1-2-4(7)8/h2-3,6-8,16H,4-5,9H2,1H3;1-2H,(H,5,6)(H,7,8). The maximum absolute atomic E-state index is 13.7. The van der Waals surface area contributed by atoms with Gasteiger partial charge in [-0.25, -0.2) is 14.0 Å². The molecule has 1 saturated heterocycles. The zero-order valence-electron chi connectivity index (χ0n) is 14.1. The van der Waals surface area contributed by atoms with Crippen LogP contribution < -0.4 is 10.2 Å². The van der Waals surface area contributed by atoms with Crippen LogP contribution in [-0.2, 0) is 9.59 Å². The minimum atomic E-state index is -1.26. The van der Waals surface area contributed by atoms with Gasteiger partial charge < -0.3 is 24.8 Å². The number of nitrogens with one attached hydrogen (secondary N) is 1. The number of fused-ring (bicyclic) bond motifs is 1. The molecule has 1 fully saturated rings. The van der Waals surface area contributed by atoms with Crippen LogP contribution in [0.15, 0.2) is 52.8 Å². The van der Waals surface area contributed by atoms with Crippen molar-refractivity contribution < 1.29 is 28.6 Å². The van der Waals surface area contributed by atoms with E-state index in [1.54, 1.807) is 18.4 Å². The van der Waals surface area contributed by atoms with Gasteiger partial charge in [0.15, 0.2) is 5.58 Å². The number of furan rings is 1. The topological polar surface area (TPSA) is 103 Å². The predicted molar refractivity (Wildman–Crippen MR) is 94.6 cm³/mol. The summed E-state index contributed by atoms with van der Waals surface area (Å²) in [6.07, 6.45) is 4.77. The lowest BCUT2D eigenvalue weighted by Gasteiger charge is -2.32. The fraction of sp³-hybridized carbons (Fsp3) is 0.222. The SMILES string of the molecule is CC=C1CNCCN1c1cc(F)cc2ccoc12.O=C(O)C=CC(=O)O.